The number of halogens is 1. The van der Waals surface area contributed by atoms with E-state index in [-0.39, 0.29) is 5.82 Å². The molecule has 1 aromatic carbocycles. The van der Waals surface area contributed by atoms with Crippen molar-refractivity contribution in [2.75, 3.05) is 12.3 Å². The highest BCUT2D eigenvalue weighted by atomic mass is 19.1. The molecular formula is C16H17FN4. The number of anilines is 1. The molecule has 0 fully saturated rings. The van der Waals surface area contributed by atoms with Gasteiger partial charge < -0.3 is 5.73 Å². The highest BCUT2D eigenvalue weighted by Crippen LogP contribution is 2.19. The molecule has 4 nitrogen and oxygen atoms in total. The van der Waals surface area contributed by atoms with Gasteiger partial charge in [0.15, 0.2) is 0 Å². The lowest BCUT2D eigenvalue weighted by Crippen LogP contribution is -2.25. The standard InChI is InChI=1S/C16H17FN4/c17-15-5-1-6-16(19)14(15)12-21(9-3-7-18)11-13-4-2-8-20-10-13/h1-2,4-6,8,10H,3,9,11-12,19H2. The molecule has 2 aromatic rings. The monoisotopic (exact) mass is 284 g/mol. The third-order valence-electron chi connectivity index (χ3n) is 3.21. The van der Waals surface area contributed by atoms with Crippen molar-refractivity contribution in [1.82, 2.24) is 9.88 Å². The number of nitrogens with zero attached hydrogens (tertiary/aromatic N) is 3. The SMILES string of the molecule is N#CCCN(Cc1cccnc1)Cc1c(N)cccc1F. The maximum Gasteiger partial charge on any atom is 0.129 e. The van der Waals surface area contributed by atoms with E-state index >= 15 is 0 Å². The van der Waals surface area contributed by atoms with Gasteiger partial charge in [-0.05, 0) is 23.8 Å². The highest BCUT2D eigenvalue weighted by Gasteiger charge is 2.12. The smallest absolute Gasteiger partial charge is 0.129 e. The Morgan fingerprint density at radius 3 is 2.76 bits per heavy atom. The van der Waals surface area contributed by atoms with E-state index in [2.05, 4.69) is 11.1 Å². The second-order valence-corrected chi connectivity index (χ2v) is 4.79. The molecule has 0 saturated heterocycles. The molecule has 0 aliphatic carbocycles. The molecule has 0 radical (unpaired) electrons. The zero-order valence-corrected chi connectivity index (χ0v) is 11.7. The minimum absolute atomic E-state index is 0.317. The third-order valence-corrected chi connectivity index (χ3v) is 3.21. The van der Waals surface area contributed by atoms with Crippen LogP contribution in [0.25, 0.3) is 0 Å². The summed E-state index contributed by atoms with van der Waals surface area (Å²) in [6.45, 7) is 1.53. The van der Waals surface area contributed by atoms with Gasteiger partial charge >= 0.3 is 0 Å². The molecule has 5 heteroatoms. The maximum absolute atomic E-state index is 13.9. The largest absolute Gasteiger partial charge is 0.398 e. The average Bonchev–Trinajstić information content (AvgIpc) is 2.49. The first kappa shape index (κ1) is 14.9. The number of hydrogen-bond donors (Lipinski definition) is 1. The van der Waals surface area contributed by atoms with Crippen molar-refractivity contribution in [3.63, 3.8) is 0 Å². The number of nitrogen functional groups attached to an aromatic ring is 1. The molecule has 108 valence electrons. The predicted molar refractivity (Wildman–Crippen MR) is 79.4 cm³/mol. The Morgan fingerprint density at radius 2 is 2.10 bits per heavy atom. The van der Waals surface area contributed by atoms with Gasteiger partial charge in [0.2, 0.25) is 0 Å². The van der Waals surface area contributed by atoms with Crippen molar-refractivity contribution in [2.24, 2.45) is 0 Å². The summed E-state index contributed by atoms with van der Waals surface area (Å²) in [5, 5.41) is 8.77. The Kier molecular flexibility index (Phi) is 5.24. The summed E-state index contributed by atoms with van der Waals surface area (Å²) in [7, 11) is 0. The fraction of sp³-hybridized carbons (Fsp3) is 0.250. The summed E-state index contributed by atoms with van der Waals surface area (Å²) < 4.78 is 13.9. The summed E-state index contributed by atoms with van der Waals surface area (Å²) in [4.78, 5) is 6.06. The van der Waals surface area contributed by atoms with Crippen LogP contribution in [0, 0.1) is 17.1 Å². The van der Waals surface area contributed by atoms with Gasteiger partial charge in [0.05, 0.1) is 6.07 Å². The molecule has 1 aromatic heterocycles. The maximum atomic E-state index is 13.9. The van der Waals surface area contributed by atoms with Gasteiger partial charge in [-0.1, -0.05) is 12.1 Å². The molecule has 0 spiro atoms. The number of nitriles is 1. The van der Waals surface area contributed by atoms with E-state index in [9.17, 15) is 4.39 Å². The fourth-order valence-electron chi connectivity index (χ4n) is 2.14. The number of aromatic nitrogens is 1. The van der Waals surface area contributed by atoms with E-state index in [1.165, 1.54) is 6.07 Å². The molecule has 0 unspecified atom stereocenters. The van der Waals surface area contributed by atoms with E-state index in [0.717, 1.165) is 5.56 Å². The van der Waals surface area contributed by atoms with Crippen molar-refractivity contribution in [3.8, 4) is 6.07 Å². The molecule has 0 saturated carbocycles. The Labute approximate surface area is 123 Å². The van der Waals surface area contributed by atoms with Crippen LogP contribution in [0.5, 0.6) is 0 Å². The number of nitrogens with two attached hydrogens (primary N) is 1. The molecule has 0 aliphatic heterocycles. The predicted octanol–water partition coefficient (Wildman–Crippen LogP) is 2.72. The Balaban J connectivity index is 2.15. The number of pyridine rings is 1. The Bertz CT molecular complexity index is 602. The van der Waals surface area contributed by atoms with Gasteiger partial charge in [-0.25, -0.2) is 4.39 Å². The minimum atomic E-state index is -0.317. The van der Waals surface area contributed by atoms with E-state index in [1.807, 2.05) is 17.0 Å². The first-order valence-electron chi connectivity index (χ1n) is 6.72. The minimum Gasteiger partial charge on any atom is -0.398 e. The van der Waals surface area contributed by atoms with E-state index in [4.69, 9.17) is 11.0 Å². The van der Waals surface area contributed by atoms with E-state index < -0.39 is 0 Å². The summed E-state index contributed by atoms with van der Waals surface area (Å²) in [5.41, 5.74) is 7.77. The topological polar surface area (TPSA) is 65.9 Å². The van der Waals surface area contributed by atoms with Gasteiger partial charge in [-0.3, -0.25) is 9.88 Å². The van der Waals surface area contributed by atoms with Crippen LogP contribution in [-0.2, 0) is 13.1 Å². The van der Waals surface area contributed by atoms with Gasteiger partial charge in [0, 0.05) is 49.7 Å². The lowest BCUT2D eigenvalue weighted by atomic mass is 10.1. The summed E-state index contributed by atoms with van der Waals surface area (Å²) >= 11 is 0. The van der Waals surface area contributed by atoms with Crippen molar-refractivity contribution in [2.45, 2.75) is 19.5 Å². The number of hydrogen-bond acceptors (Lipinski definition) is 4. The van der Waals surface area contributed by atoms with Gasteiger partial charge in [0.1, 0.15) is 5.82 Å². The van der Waals surface area contributed by atoms with Crippen LogP contribution in [0.15, 0.2) is 42.7 Å². The second kappa shape index (κ2) is 7.36. The van der Waals surface area contributed by atoms with Gasteiger partial charge in [-0.2, -0.15) is 5.26 Å². The number of benzene rings is 1. The molecule has 1 heterocycles. The summed E-state index contributed by atoms with van der Waals surface area (Å²) in [6.07, 6.45) is 3.86. The quantitative estimate of drug-likeness (QED) is 0.828. The molecular weight excluding hydrogens is 267 g/mol. The first-order chi connectivity index (χ1) is 10.2. The summed E-state index contributed by atoms with van der Waals surface area (Å²) in [6, 6.07) is 10.6. The van der Waals surface area contributed by atoms with Crippen LogP contribution < -0.4 is 5.73 Å². The van der Waals surface area contributed by atoms with Crippen LogP contribution in [0.4, 0.5) is 10.1 Å². The molecule has 2 N–H and O–H groups in total. The number of rotatable bonds is 6. The zero-order chi connectivity index (χ0) is 15.1. The first-order valence-corrected chi connectivity index (χ1v) is 6.72. The normalized spacial score (nSPS) is 10.5. The van der Waals surface area contributed by atoms with Crippen LogP contribution >= 0.6 is 0 Å². The summed E-state index contributed by atoms with van der Waals surface area (Å²) in [5.74, 6) is -0.317. The Morgan fingerprint density at radius 1 is 1.24 bits per heavy atom. The molecule has 0 amide bonds. The second-order valence-electron chi connectivity index (χ2n) is 4.79. The molecule has 0 atom stereocenters. The molecule has 2 rings (SSSR count). The highest BCUT2D eigenvalue weighted by molar-refractivity contribution is 5.47. The van der Waals surface area contributed by atoms with Crippen LogP contribution in [0.3, 0.4) is 0 Å². The van der Waals surface area contributed by atoms with Crippen LogP contribution in [-0.4, -0.2) is 16.4 Å². The van der Waals surface area contributed by atoms with Crippen molar-refractivity contribution in [3.05, 3.63) is 59.7 Å². The average molecular weight is 284 g/mol. The van der Waals surface area contributed by atoms with Crippen molar-refractivity contribution < 1.29 is 4.39 Å². The van der Waals surface area contributed by atoms with E-state index in [0.29, 0.717) is 37.3 Å². The fourth-order valence-corrected chi connectivity index (χ4v) is 2.14. The van der Waals surface area contributed by atoms with Crippen LogP contribution in [0.2, 0.25) is 0 Å². The Hall–Kier alpha value is -2.45. The van der Waals surface area contributed by atoms with Crippen molar-refractivity contribution >= 4 is 5.69 Å². The zero-order valence-electron chi connectivity index (χ0n) is 11.7. The third kappa shape index (κ3) is 4.26. The van der Waals surface area contributed by atoms with E-state index in [1.54, 1.807) is 24.5 Å². The molecule has 21 heavy (non-hydrogen) atoms. The van der Waals surface area contributed by atoms with Crippen molar-refractivity contribution in [1.29, 1.82) is 5.26 Å². The molecule has 0 bridgehead atoms. The van der Waals surface area contributed by atoms with Gasteiger partial charge in [-0.15, -0.1) is 0 Å². The molecule has 0 aliphatic rings. The lowest BCUT2D eigenvalue weighted by Gasteiger charge is -2.22. The van der Waals surface area contributed by atoms with Gasteiger partial charge in [0.25, 0.3) is 0 Å². The van der Waals surface area contributed by atoms with Crippen LogP contribution in [0.1, 0.15) is 17.5 Å². The lowest BCUT2D eigenvalue weighted by molar-refractivity contribution is 0.259.